The van der Waals surface area contributed by atoms with Gasteiger partial charge in [0.2, 0.25) is 0 Å². The van der Waals surface area contributed by atoms with E-state index in [-0.39, 0.29) is 24.9 Å². The number of rotatable bonds is 2. The smallest absolute Gasteiger partial charge is 0.485 e. The van der Waals surface area contributed by atoms with Gasteiger partial charge in [0.15, 0.2) is 0 Å². The van der Waals surface area contributed by atoms with Crippen LogP contribution in [-0.4, -0.2) is 35.6 Å². The second-order valence-electron chi connectivity index (χ2n) is 7.34. The lowest BCUT2D eigenvalue weighted by Gasteiger charge is -2.32. The lowest BCUT2D eigenvalue weighted by atomic mass is 9.78. The van der Waals surface area contributed by atoms with Crippen LogP contribution >= 0.6 is 0 Å². The van der Waals surface area contributed by atoms with Gasteiger partial charge in [0.1, 0.15) is 11.4 Å². The molecule has 21 heavy (non-hydrogen) atoms. The zero-order chi connectivity index (χ0) is 15.5. The Labute approximate surface area is 126 Å². The molecule has 0 radical (unpaired) electrons. The number of hydrogen-bond donors (Lipinski definition) is 1. The minimum atomic E-state index is -0.517. The van der Waals surface area contributed by atoms with Gasteiger partial charge in [-0.3, -0.25) is 0 Å². The van der Waals surface area contributed by atoms with Crippen molar-refractivity contribution in [3.63, 3.8) is 0 Å². The molecule has 2 aliphatic rings. The van der Waals surface area contributed by atoms with Crippen LogP contribution in [0.3, 0.4) is 0 Å². The van der Waals surface area contributed by atoms with Crippen LogP contribution in [0.2, 0.25) is 0 Å². The van der Waals surface area contributed by atoms with E-state index in [0.717, 1.165) is 16.8 Å². The van der Waals surface area contributed by atoms with Gasteiger partial charge in [-0.2, -0.15) is 0 Å². The quantitative estimate of drug-likeness (QED) is 0.842. The predicted molar refractivity (Wildman–Crippen MR) is 82.0 cm³/mol. The van der Waals surface area contributed by atoms with Gasteiger partial charge in [-0.15, -0.1) is 0 Å². The van der Waals surface area contributed by atoms with Crippen molar-refractivity contribution >= 4 is 12.6 Å². The van der Waals surface area contributed by atoms with E-state index < -0.39 is 5.60 Å². The maximum absolute atomic E-state index is 9.44. The van der Waals surface area contributed by atoms with E-state index in [0.29, 0.717) is 6.42 Å². The second-order valence-corrected chi connectivity index (χ2v) is 7.34. The summed E-state index contributed by atoms with van der Waals surface area (Å²) >= 11 is 0. The van der Waals surface area contributed by atoms with E-state index in [1.165, 1.54) is 0 Å². The summed E-state index contributed by atoms with van der Waals surface area (Å²) in [5, 5.41) is 9.44. The van der Waals surface area contributed by atoms with Crippen LogP contribution in [0.4, 0.5) is 0 Å². The average Bonchev–Trinajstić information content (AvgIpc) is 2.83. The molecule has 3 rings (SSSR count). The summed E-state index contributed by atoms with van der Waals surface area (Å²) in [6.07, 6.45) is 0.701. The van der Waals surface area contributed by atoms with Gasteiger partial charge in [0.05, 0.1) is 17.8 Å². The number of fused-ring (bicyclic) bond motifs is 1. The Balaban J connectivity index is 1.86. The van der Waals surface area contributed by atoms with Crippen LogP contribution in [0.15, 0.2) is 18.2 Å². The summed E-state index contributed by atoms with van der Waals surface area (Å²) in [5.74, 6) is 0.840. The van der Waals surface area contributed by atoms with Gasteiger partial charge in [-0.05, 0) is 51.7 Å². The molecule has 4 nitrogen and oxygen atoms in total. The molecule has 1 atom stereocenters. The summed E-state index contributed by atoms with van der Waals surface area (Å²) < 4.78 is 18.0. The van der Waals surface area contributed by atoms with Crippen LogP contribution < -0.4 is 10.2 Å². The first-order valence-corrected chi connectivity index (χ1v) is 7.44. The van der Waals surface area contributed by atoms with Crippen molar-refractivity contribution < 1.29 is 19.2 Å². The Morgan fingerprint density at radius 3 is 2.29 bits per heavy atom. The highest BCUT2D eigenvalue weighted by Gasteiger charge is 2.52. The first-order chi connectivity index (χ1) is 9.66. The van der Waals surface area contributed by atoms with Gasteiger partial charge in [0.25, 0.3) is 0 Å². The predicted octanol–water partition coefficient (Wildman–Crippen LogP) is 1.67. The molecule has 2 aliphatic heterocycles. The third-order valence-corrected chi connectivity index (χ3v) is 4.87. The van der Waals surface area contributed by atoms with Gasteiger partial charge in [-0.1, -0.05) is 12.1 Å². The third kappa shape index (κ3) is 2.37. The molecule has 0 amide bonds. The van der Waals surface area contributed by atoms with Crippen LogP contribution in [-0.2, 0) is 15.7 Å². The van der Waals surface area contributed by atoms with Gasteiger partial charge >= 0.3 is 7.12 Å². The lowest BCUT2D eigenvalue weighted by Crippen LogP contribution is -2.41. The fraction of sp³-hybridized carbons (Fsp3) is 0.625. The van der Waals surface area contributed by atoms with Crippen LogP contribution in [0, 0.1) is 0 Å². The Hall–Kier alpha value is -1.04. The Kier molecular flexibility index (Phi) is 3.17. The van der Waals surface area contributed by atoms with E-state index in [1.807, 2.05) is 46.8 Å². The number of hydrogen-bond acceptors (Lipinski definition) is 4. The van der Waals surface area contributed by atoms with E-state index in [4.69, 9.17) is 14.0 Å². The maximum Gasteiger partial charge on any atom is 0.494 e. The van der Waals surface area contributed by atoms with Gasteiger partial charge < -0.3 is 19.2 Å². The number of ether oxygens (including phenoxy) is 1. The SMILES string of the molecule is CC1(CO)Cc2cc(B3OC(C)(C)C(C)(C)O3)ccc2O1. The largest absolute Gasteiger partial charge is 0.494 e. The van der Waals surface area contributed by atoms with Crippen molar-refractivity contribution in [2.24, 2.45) is 0 Å². The standard InChI is InChI=1S/C16H23BO4/c1-14(2)15(3,4)21-17(20-14)12-6-7-13-11(8-12)9-16(5,10-18)19-13/h6-8,18H,9-10H2,1-5H3. The molecule has 0 saturated carbocycles. The molecular formula is C16H23BO4. The Morgan fingerprint density at radius 1 is 1.10 bits per heavy atom. The van der Waals surface area contributed by atoms with E-state index in [9.17, 15) is 5.11 Å². The van der Waals surface area contributed by atoms with Crippen LogP contribution in [0.25, 0.3) is 0 Å². The molecule has 1 N–H and O–H groups in total. The molecule has 0 spiro atoms. The molecule has 1 saturated heterocycles. The van der Waals surface area contributed by atoms with Crippen molar-refractivity contribution in [2.45, 2.75) is 57.8 Å². The molecule has 5 heteroatoms. The highest BCUT2D eigenvalue weighted by molar-refractivity contribution is 6.62. The zero-order valence-corrected chi connectivity index (χ0v) is 13.4. The first kappa shape index (κ1) is 14.9. The fourth-order valence-corrected chi connectivity index (χ4v) is 2.76. The third-order valence-electron chi connectivity index (χ3n) is 4.87. The number of aliphatic hydroxyl groups is 1. The fourth-order valence-electron chi connectivity index (χ4n) is 2.76. The first-order valence-electron chi connectivity index (χ1n) is 7.44. The average molecular weight is 290 g/mol. The molecule has 114 valence electrons. The molecule has 0 aromatic heterocycles. The monoisotopic (exact) mass is 290 g/mol. The molecular weight excluding hydrogens is 267 g/mol. The Morgan fingerprint density at radius 2 is 1.71 bits per heavy atom. The summed E-state index contributed by atoms with van der Waals surface area (Å²) in [6.45, 7) is 10.1. The minimum Gasteiger partial charge on any atom is -0.485 e. The molecule has 0 bridgehead atoms. The zero-order valence-electron chi connectivity index (χ0n) is 13.4. The summed E-state index contributed by atoms with van der Waals surface area (Å²) in [7, 11) is -0.360. The van der Waals surface area contributed by atoms with Gasteiger partial charge in [0, 0.05) is 6.42 Å². The highest BCUT2D eigenvalue weighted by atomic mass is 16.7. The van der Waals surface area contributed by atoms with Crippen molar-refractivity contribution in [1.29, 1.82) is 0 Å². The van der Waals surface area contributed by atoms with E-state index in [2.05, 4.69) is 6.07 Å². The Bertz CT molecular complexity index is 553. The minimum absolute atomic E-state index is 0.00744. The van der Waals surface area contributed by atoms with E-state index >= 15 is 0 Å². The van der Waals surface area contributed by atoms with Crippen molar-refractivity contribution in [2.75, 3.05) is 6.61 Å². The molecule has 2 heterocycles. The van der Waals surface area contributed by atoms with Crippen molar-refractivity contribution in [1.82, 2.24) is 0 Å². The van der Waals surface area contributed by atoms with Crippen molar-refractivity contribution in [3.8, 4) is 5.75 Å². The van der Waals surface area contributed by atoms with Gasteiger partial charge in [-0.25, -0.2) is 0 Å². The molecule has 1 unspecified atom stereocenters. The molecule has 0 aliphatic carbocycles. The topological polar surface area (TPSA) is 47.9 Å². The van der Waals surface area contributed by atoms with Crippen molar-refractivity contribution in [3.05, 3.63) is 23.8 Å². The lowest BCUT2D eigenvalue weighted by molar-refractivity contribution is 0.00578. The summed E-state index contributed by atoms with van der Waals surface area (Å²) in [5.41, 5.74) is 0.896. The summed E-state index contributed by atoms with van der Waals surface area (Å²) in [6, 6.07) is 5.99. The highest BCUT2D eigenvalue weighted by Crippen LogP contribution is 2.38. The molecule has 1 fully saturated rings. The maximum atomic E-state index is 9.44. The van der Waals surface area contributed by atoms with E-state index in [1.54, 1.807) is 0 Å². The normalized spacial score (nSPS) is 29.3. The molecule has 1 aromatic rings. The number of benzene rings is 1. The molecule has 1 aromatic carbocycles. The number of aliphatic hydroxyl groups excluding tert-OH is 1. The second kappa shape index (κ2) is 4.48. The van der Waals surface area contributed by atoms with Crippen LogP contribution in [0.5, 0.6) is 5.75 Å². The van der Waals surface area contributed by atoms with Crippen LogP contribution in [0.1, 0.15) is 40.2 Å². The summed E-state index contributed by atoms with van der Waals surface area (Å²) in [4.78, 5) is 0.